The fourth-order valence-corrected chi connectivity index (χ4v) is 11.4. The van der Waals surface area contributed by atoms with Crippen LogP contribution < -0.4 is 5.32 Å². The zero-order valence-corrected chi connectivity index (χ0v) is 54.3. The number of rotatable bonds is 62. The van der Waals surface area contributed by atoms with Crippen LogP contribution in [0.4, 0.5) is 0 Å². The summed E-state index contributed by atoms with van der Waals surface area (Å²) in [6, 6.07) is -1.02. The number of aliphatic hydroxyl groups excluding tert-OH is 5. The Hall–Kier alpha value is -2.12. The summed E-state index contributed by atoms with van der Waals surface area (Å²) >= 11 is 0. The van der Waals surface area contributed by atoms with E-state index in [9.17, 15) is 35.1 Å². The van der Waals surface area contributed by atoms with Crippen molar-refractivity contribution in [2.24, 2.45) is 0 Å². The fraction of sp³-hybridized carbons (Fsp3) is 0.889. The summed E-state index contributed by atoms with van der Waals surface area (Å²) in [5.74, 6) is -1.19. The van der Waals surface area contributed by atoms with Gasteiger partial charge in [-0.05, 0) is 57.8 Å². The molecule has 488 valence electrons. The second-order valence-corrected chi connectivity index (χ2v) is 25.0. The Bertz CT molecular complexity index is 1490. The second-order valence-electron chi connectivity index (χ2n) is 25.0. The molecule has 1 aliphatic rings. The van der Waals surface area contributed by atoms with Crippen molar-refractivity contribution in [2.45, 2.75) is 397 Å². The van der Waals surface area contributed by atoms with Crippen LogP contribution in [0.5, 0.6) is 0 Å². The third-order valence-corrected chi connectivity index (χ3v) is 17.0. The SMILES string of the molecule is CCCCC/C=C\C/C=C\CCCCCCCCCC(=O)OC1C(OCC(NC(=O)C(O)CCCCCCCCCCCCCCCCCCCCCCCCCC)C(O)/C=C/CCCCCCCCCCCCC)OC(CO)C(O)C1O. The summed E-state index contributed by atoms with van der Waals surface area (Å²) in [6.07, 6.45) is 63.3. The van der Waals surface area contributed by atoms with Gasteiger partial charge in [-0.25, -0.2) is 0 Å². The third kappa shape index (κ3) is 47.6. The van der Waals surface area contributed by atoms with Crippen molar-refractivity contribution in [1.82, 2.24) is 5.32 Å². The number of aliphatic hydroxyl groups is 5. The minimum absolute atomic E-state index is 0.117. The molecule has 8 unspecified atom stereocenters. The molecule has 0 spiro atoms. The van der Waals surface area contributed by atoms with Gasteiger partial charge in [0.1, 0.15) is 24.4 Å². The average molecular weight is 1170 g/mol. The first-order chi connectivity index (χ1) is 40.7. The minimum atomic E-state index is -1.62. The van der Waals surface area contributed by atoms with Crippen molar-refractivity contribution in [2.75, 3.05) is 13.2 Å². The Morgan fingerprint density at radius 1 is 0.470 bits per heavy atom. The first-order valence-electron chi connectivity index (χ1n) is 35.8. The van der Waals surface area contributed by atoms with E-state index in [2.05, 4.69) is 50.4 Å². The molecule has 0 aliphatic carbocycles. The molecule has 8 atom stereocenters. The van der Waals surface area contributed by atoms with Gasteiger partial charge in [-0.15, -0.1) is 0 Å². The van der Waals surface area contributed by atoms with Crippen LogP contribution in [0.2, 0.25) is 0 Å². The van der Waals surface area contributed by atoms with E-state index >= 15 is 0 Å². The van der Waals surface area contributed by atoms with Crippen molar-refractivity contribution >= 4 is 11.9 Å². The number of unbranched alkanes of at least 4 members (excludes halogenated alkanes) is 44. The van der Waals surface area contributed by atoms with E-state index in [1.807, 2.05) is 6.08 Å². The molecule has 0 saturated carbocycles. The maximum atomic E-state index is 13.5. The summed E-state index contributed by atoms with van der Waals surface area (Å²) in [5, 5.41) is 57.2. The van der Waals surface area contributed by atoms with Gasteiger partial charge in [0.15, 0.2) is 12.4 Å². The van der Waals surface area contributed by atoms with Gasteiger partial charge in [0.05, 0.1) is 25.4 Å². The van der Waals surface area contributed by atoms with E-state index in [1.54, 1.807) is 6.08 Å². The molecule has 1 amide bonds. The van der Waals surface area contributed by atoms with E-state index in [1.165, 1.54) is 225 Å². The monoisotopic (exact) mass is 1170 g/mol. The van der Waals surface area contributed by atoms with Crippen LogP contribution in [0.3, 0.4) is 0 Å². The number of carbonyl (C=O) groups is 2. The van der Waals surface area contributed by atoms with Crippen molar-refractivity contribution in [3.8, 4) is 0 Å². The number of amides is 1. The van der Waals surface area contributed by atoms with Gasteiger partial charge in [-0.2, -0.15) is 0 Å². The predicted molar refractivity (Wildman–Crippen MR) is 347 cm³/mol. The normalized spacial score (nSPS) is 18.7. The maximum absolute atomic E-state index is 13.5. The summed E-state index contributed by atoms with van der Waals surface area (Å²) in [7, 11) is 0. The first kappa shape index (κ1) is 78.9. The van der Waals surface area contributed by atoms with E-state index < -0.39 is 67.4 Å². The third-order valence-electron chi connectivity index (χ3n) is 17.0. The zero-order valence-electron chi connectivity index (χ0n) is 54.3. The Labute approximate surface area is 511 Å². The zero-order chi connectivity index (χ0) is 60.3. The van der Waals surface area contributed by atoms with Crippen LogP contribution in [-0.4, -0.2) is 99.6 Å². The Morgan fingerprint density at radius 2 is 0.831 bits per heavy atom. The lowest BCUT2D eigenvalue weighted by Gasteiger charge is -2.41. The van der Waals surface area contributed by atoms with Crippen molar-refractivity contribution in [3.05, 3.63) is 36.5 Å². The highest BCUT2D eigenvalue weighted by atomic mass is 16.7. The molecule has 1 rings (SSSR count). The van der Waals surface area contributed by atoms with Crippen LogP contribution in [-0.2, 0) is 23.8 Å². The van der Waals surface area contributed by atoms with Crippen LogP contribution in [0.1, 0.15) is 348 Å². The molecule has 11 heteroatoms. The standard InChI is InChI=1S/C72H135NO10/c1-4-7-10-13-16-19-22-25-27-29-30-31-32-33-34-35-37-38-41-44-47-50-53-56-59-65(76)71(80)73-63(64(75)58-55-52-49-46-43-40-24-21-18-15-12-9-6-3)62-81-72-70(69(79)68(78)66(61-74)82-72)83-67(77)60-57-54-51-48-45-42-39-36-28-26-23-20-17-14-11-8-5-2/h17,20,26,28,55,58,63-66,68-70,72,74-76,78-79H,4-16,18-19,21-25,27,29-54,56-57,59-62H2,1-3H3,(H,73,80)/b20-17-,28-26-,58-55+. The smallest absolute Gasteiger partial charge is 0.306 e. The molecular formula is C72H135NO10. The van der Waals surface area contributed by atoms with Gasteiger partial charge in [0.25, 0.3) is 0 Å². The summed E-state index contributed by atoms with van der Waals surface area (Å²) in [5.41, 5.74) is 0. The van der Waals surface area contributed by atoms with Gasteiger partial charge in [0, 0.05) is 6.42 Å². The first-order valence-corrected chi connectivity index (χ1v) is 35.8. The van der Waals surface area contributed by atoms with Crippen molar-refractivity contribution in [3.63, 3.8) is 0 Å². The molecule has 1 fully saturated rings. The molecule has 0 bridgehead atoms. The quantitative estimate of drug-likeness (QED) is 0.0195. The number of allylic oxidation sites excluding steroid dienone is 5. The minimum Gasteiger partial charge on any atom is -0.454 e. The van der Waals surface area contributed by atoms with E-state index in [-0.39, 0.29) is 13.0 Å². The Kier molecular flexibility index (Phi) is 57.2. The van der Waals surface area contributed by atoms with Crippen molar-refractivity contribution in [1.29, 1.82) is 0 Å². The van der Waals surface area contributed by atoms with E-state index in [4.69, 9.17) is 14.2 Å². The van der Waals surface area contributed by atoms with Crippen LogP contribution in [0, 0.1) is 0 Å². The van der Waals surface area contributed by atoms with Crippen LogP contribution in [0.25, 0.3) is 0 Å². The van der Waals surface area contributed by atoms with Gasteiger partial charge >= 0.3 is 5.97 Å². The second kappa shape index (κ2) is 60.2. The molecule has 0 aromatic rings. The Balaban J connectivity index is 2.58. The summed E-state index contributed by atoms with van der Waals surface area (Å²) < 4.78 is 17.7. The number of ether oxygens (including phenoxy) is 3. The van der Waals surface area contributed by atoms with E-state index in [0.717, 1.165) is 77.0 Å². The lowest BCUT2D eigenvalue weighted by Crippen LogP contribution is -2.61. The van der Waals surface area contributed by atoms with Gasteiger partial charge in [-0.3, -0.25) is 9.59 Å². The summed E-state index contributed by atoms with van der Waals surface area (Å²) in [4.78, 5) is 26.7. The molecule has 0 radical (unpaired) electrons. The highest BCUT2D eigenvalue weighted by Gasteiger charge is 2.47. The number of esters is 1. The highest BCUT2D eigenvalue weighted by molar-refractivity contribution is 5.80. The van der Waals surface area contributed by atoms with Gasteiger partial charge in [-0.1, -0.05) is 320 Å². The highest BCUT2D eigenvalue weighted by Crippen LogP contribution is 2.26. The number of nitrogens with one attached hydrogen (secondary N) is 1. The average Bonchev–Trinajstić information content (AvgIpc) is 3.58. The molecule has 1 saturated heterocycles. The molecule has 1 aliphatic heterocycles. The maximum Gasteiger partial charge on any atom is 0.306 e. The largest absolute Gasteiger partial charge is 0.454 e. The van der Waals surface area contributed by atoms with Gasteiger partial charge in [0.2, 0.25) is 5.91 Å². The molecule has 6 N–H and O–H groups in total. The summed E-state index contributed by atoms with van der Waals surface area (Å²) in [6.45, 7) is 5.82. The number of hydrogen-bond acceptors (Lipinski definition) is 10. The van der Waals surface area contributed by atoms with Gasteiger partial charge < -0.3 is 45.1 Å². The molecule has 0 aromatic carbocycles. The Morgan fingerprint density at radius 3 is 1.25 bits per heavy atom. The molecule has 0 aromatic heterocycles. The number of carbonyl (C=O) groups excluding carboxylic acids is 2. The predicted octanol–water partition coefficient (Wildman–Crippen LogP) is 18.2. The molecule has 1 heterocycles. The fourth-order valence-electron chi connectivity index (χ4n) is 11.4. The molecule has 11 nitrogen and oxygen atoms in total. The van der Waals surface area contributed by atoms with Crippen molar-refractivity contribution < 1.29 is 49.3 Å². The lowest BCUT2D eigenvalue weighted by atomic mass is 9.99. The number of hydrogen-bond donors (Lipinski definition) is 6. The van der Waals surface area contributed by atoms with Crippen LogP contribution >= 0.6 is 0 Å². The van der Waals surface area contributed by atoms with Crippen LogP contribution in [0.15, 0.2) is 36.5 Å². The lowest BCUT2D eigenvalue weighted by molar-refractivity contribution is -0.305. The molecular weight excluding hydrogens is 1040 g/mol. The van der Waals surface area contributed by atoms with E-state index in [0.29, 0.717) is 19.3 Å². The molecule has 83 heavy (non-hydrogen) atoms. The topological polar surface area (TPSA) is 175 Å².